The number of aryl methyl sites for hydroxylation is 1. The van der Waals surface area contributed by atoms with E-state index in [-0.39, 0.29) is 11.9 Å². The smallest absolute Gasteiger partial charge is 0.345 e. The zero-order chi connectivity index (χ0) is 14.6. The van der Waals surface area contributed by atoms with Gasteiger partial charge in [-0.15, -0.1) is 11.3 Å². The molecule has 1 aromatic rings. The van der Waals surface area contributed by atoms with Crippen molar-refractivity contribution in [3.63, 3.8) is 0 Å². The lowest BCUT2D eigenvalue weighted by molar-refractivity contribution is -0.131. The zero-order valence-corrected chi connectivity index (χ0v) is 12.5. The molecule has 1 atom stereocenters. The van der Waals surface area contributed by atoms with Crippen molar-refractivity contribution in [2.45, 2.75) is 33.4 Å². The Bertz CT molecular complexity index is 470. The topological polar surface area (TPSA) is 69.6 Å². The number of nitrogens with one attached hydrogen (secondary N) is 1. The molecular formula is C13H20N2O3S. The van der Waals surface area contributed by atoms with Crippen LogP contribution in [0.4, 0.5) is 0 Å². The molecule has 2 N–H and O–H groups in total. The Kier molecular flexibility index (Phi) is 5.50. The molecule has 0 saturated carbocycles. The van der Waals surface area contributed by atoms with E-state index >= 15 is 0 Å². The molecule has 0 radical (unpaired) electrons. The van der Waals surface area contributed by atoms with Gasteiger partial charge in [0.15, 0.2) is 0 Å². The fourth-order valence-electron chi connectivity index (χ4n) is 1.64. The van der Waals surface area contributed by atoms with E-state index in [0.29, 0.717) is 18.0 Å². The molecule has 1 heterocycles. The fourth-order valence-corrected chi connectivity index (χ4v) is 2.52. The highest BCUT2D eigenvalue weighted by molar-refractivity contribution is 7.14. The summed E-state index contributed by atoms with van der Waals surface area (Å²) in [5.41, 5.74) is 0.932. The van der Waals surface area contributed by atoms with E-state index in [2.05, 4.69) is 5.32 Å². The number of aromatic carboxylic acids is 1. The lowest BCUT2D eigenvalue weighted by Crippen LogP contribution is -2.42. The van der Waals surface area contributed by atoms with Crippen LogP contribution >= 0.6 is 11.3 Å². The van der Waals surface area contributed by atoms with Gasteiger partial charge in [0, 0.05) is 25.0 Å². The summed E-state index contributed by atoms with van der Waals surface area (Å²) in [6.45, 7) is 6.80. The van der Waals surface area contributed by atoms with Crippen molar-refractivity contribution in [3.8, 4) is 0 Å². The largest absolute Gasteiger partial charge is 0.477 e. The predicted molar refractivity (Wildman–Crippen MR) is 75.6 cm³/mol. The van der Waals surface area contributed by atoms with E-state index in [1.54, 1.807) is 18.0 Å². The van der Waals surface area contributed by atoms with Gasteiger partial charge in [-0.25, -0.2) is 4.79 Å². The number of hydrogen-bond donors (Lipinski definition) is 2. The molecule has 19 heavy (non-hydrogen) atoms. The SMILES string of the molecule is CCN(C)C(=O)C(C)NCc1cc(C(=O)O)sc1C. The lowest BCUT2D eigenvalue weighted by Gasteiger charge is -2.20. The molecule has 0 saturated heterocycles. The average Bonchev–Trinajstić information content (AvgIpc) is 2.75. The lowest BCUT2D eigenvalue weighted by atomic mass is 10.2. The van der Waals surface area contributed by atoms with Gasteiger partial charge in [0.2, 0.25) is 5.91 Å². The van der Waals surface area contributed by atoms with E-state index in [9.17, 15) is 9.59 Å². The number of carboxylic acids is 1. The molecule has 6 heteroatoms. The van der Waals surface area contributed by atoms with E-state index in [1.165, 1.54) is 11.3 Å². The number of carbonyl (C=O) groups excluding carboxylic acids is 1. The number of likely N-dealkylation sites (N-methyl/N-ethyl adjacent to an activating group) is 1. The summed E-state index contributed by atoms with van der Waals surface area (Å²) >= 11 is 1.26. The van der Waals surface area contributed by atoms with Crippen LogP contribution in [0.5, 0.6) is 0 Å². The van der Waals surface area contributed by atoms with Crippen LogP contribution < -0.4 is 5.32 Å². The maximum Gasteiger partial charge on any atom is 0.345 e. The minimum atomic E-state index is -0.908. The summed E-state index contributed by atoms with van der Waals surface area (Å²) in [6.07, 6.45) is 0. The number of thiophene rings is 1. The maximum absolute atomic E-state index is 11.9. The van der Waals surface area contributed by atoms with Crippen LogP contribution in [0, 0.1) is 6.92 Å². The summed E-state index contributed by atoms with van der Waals surface area (Å²) in [5, 5.41) is 12.1. The average molecular weight is 284 g/mol. The molecule has 5 nitrogen and oxygen atoms in total. The van der Waals surface area contributed by atoms with Gasteiger partial charge in [-0.05, 0) is 32.4 Å². The van der Waals surface area contributed by atoms with Gasteiger partial charge in [0.25, 0.3) is 0 Å². The van der Waals surface area contributed by atoms with Gasteiger partial charge in [0.05, 0.1) is 6.04 Å². The third-order valence-electron chi connectivity index (χ3n) is 3.05. The van der Waals surface area contributed by atoms with Gasteiger partial charge >= 0.3 is 5.97 Å². The highest BCUT2D eigenvalue weighted by Gasteiger charge is 2.17. The van der Waals surface area contributed by atoms with Gasteiger partial charge in [-0.2, -0.15) is 0 Å². The molecule has 0 spiro atoms. The summed E-state index contributed by atoms with van der Waals surface area (Å²) < 4.78 is 0. The molecule has 0 aliphatic rings. The van der Waals surface area contributed by atoms with Crippen LogP contribution in [0.15, 0.2) is 6.07 Å². The number of hydrogen-bond acceptors (Lipinski definition) is 4. The van der Waals surface area contributed by atoms with Crippen LogP contribution in [0.1, 0.15) is 34.0 Å². The summed E-state index contributed by atoms with van der Waals surface area (Å²) in [6, 6.07) is 1.38. The van der Waals surface area contributed by atoms with Crippen LogP contribution in [0.3, 0.4) is 0 Å². The van der Waals surface area contributed by atoms with Crippen molar-refractivity contribution in [1.29, 1.82) is 0 Å². The number of rotatable bonds is 6. The van der Waals surface area contributed by atoms with Gasteiger partial charge in [-0.1, -0.05) is 0 Å². The second kappa shape index (κ2) is 6.68. The number of carboxylic acid groups (broad SMARTS) is 1. The molecule has 0 aliphatic heterocycles. The molecule has 106 valence electrons. The van der Waals surface area contributed by atoms with E-state index in [4.69, 9.17) is 5.11 Å². The second-order valence-corrected chi connectivity index (χ2v) is 5.71. The summed E-state index contributed by atoms with van der Waals surface area (Å²) in [4.78, 5) is 25.7. The minimum absolute atomic E-state index is 0.0360. The molecule has 1 amide bonds. The van der Waals surface area contributed by atoms with E-state index in [0.717, 1.165) is 10.4 Å². The Balaban J connectivity index is 2.62. The Morgan fingerprint density at radius 2 is 2.16 bits per heavy atom. The third-order valence-corrected chi connectivity index (χ3v) is 4.13. The number of carbonyl (C=O) groups is 2. The molecule has 1 rings (SSSR count). The maximum atomic E-state index is 11.9. The van der Waals surface area contributed by atoms with Crippen LogP contribution in [-0.4, -0.2) is 41.5 Å². The molecule has 0 aliphatic carbocycles. The van der Waals surface area contributed by atoms with Crippen molar-refractivity contribution in [1.82, 2.24) is 10.2 Å². The Hall–Kier alpha value is -1.40. The van der Waals surface area contributed by atoms with E-state index < -0.39 is 5.97 Å². The van der Waals surface area contributed by atoms with Crippen LogP contribution in [-0.2, 0) is 11.3 Å². The normalized spacial score (nSPS) is 12.2. The molecule has 1 unspecified atom stereocenters. The predicted octanol–water partition coefficient (Wildman–Crippen LogP) is 1.71. The Labute approximate surface area is 117 Å². The van der Waals surface area contributed by atoms with Crippen molar-refractivity contribution in [3.05, 3.63) is 21.4 Å². The first-order chi connectivity index (χ1) is 8.86. The third kappa shape index (κ3) is 4.04. The first-order valence-electron chi connectivity index (χ1n) is 6.17. The Morgan fingerprint density at radius 1 is 1.53 bits per heavy atom. The van der Waals surface area contributed by atoms with Gasteiger partial charge < -0.3 is 15.3 Å². The quantitative estimate of drug-likeness (QED) is 0.834. The highest BCUT2D eigenvalue weighted by Crippen LogP contribution is 2.21. The monoisotopic (exact) mass is 284 g/mol. The standard InChI is InChI=1S/C13H20N2O3S/c1-5-15(4)12(16)8(2)14-7-10-6-11(13(17)18)19-9(10)3/h6,8,14H,5,7H2,1-4H3,(H,17,18). The minimum Gasteiger partial charge on any atom is -0.477 e. The molecule has 1 aromatic heterocycles. The summed E-state index contributed by atoms with van der Waals surface area (Å²) in [5.74, 6) is -0.872. The van der Waals surface area contributed by atoms with Crippen molar-refractivity contribution < 1.29 is 14.7 Å². The Morgan fingerprint density at radius 3 is 2.63 bits per heavy atom. The van der Waals surface area contributed by atoms with Crippen molar-refractivity contribution in [2.24, 2.45) is 0 Å². The summed E-state index contributed by atoms with van der Waals surface area (Å²) in [7, 11) is 1.76. The van der Waals surface area contributed by atoms with Gasteiger partial charge in [-0.3, -0.25) is 4.79 Å². The molecule has 0 aromatic carbocycles. The highest BCUT2D eigenvalue weighted by atomic mass is 32.1. The van der Waals surface area contributed by atoms with Gasteiger partial charge in [0.1, 0.15) is 4.88 Å². The van der Waals surface area contributed by atoms with Crippen LogP contribution in [0.25, 0.3) is 0 Å². The second-order valence-electron chi connectivity index (χ2n) is 4.45. The first kappa shape index (κ1) is 15.7. The zero-order valence-electron chi connectivity index (χ0n) is 11.7. The fraction of sp³-hybridized carbons (Fsp3) is 0.538. The number of nitrogens with zero attached hydrogens (tertiary/aromatic N) is 1. The molecule has 0 fully saturated rings. The molecular weight excluding hydrogens is 264 g/mol. The van der Waals surface area contributed by atoms with Crippen molar-refractivity contribution >= 4 is 23.2 Å². The number of amides is 1. The first-order valence-corrected chi connectivity index (χ1v) is 6.99. The molecule has 0 bridgehead atoms. The van der Waals surface area contributed by atoms with Crippen LogP contribution in [0.2, 0.25) is 0 Å². The van der Waals surface area contributed by atoms with E-state index in [1.807, 2.05) is 20.8 Å². The van der Waals surface area contributed by atoms with Crippen molar-refractivity contribution in [2.75, 3.05) is 13.6 Å².